The highest BCUT2D eigenvalue weighted by Gasteiger charge is 2.33. The van der Waals surface area contributed by atoms with Crippen LogP contribution < -0.4 is 15.6 Å². The van der Waals surface area contributed by atoms with E-state index in [1.807, 2.05) is 0 Å². The van der Waals surface area contributed by atoms with Crippen molar-refractivity contribution in [2.75, 3.05) is 0 Å². The number of para-hydroxylation sites is 2. The number of benzene rings is 3. The molecule has 0 bridgehead atoms. The van der Waals surface area contributed by atoms with Gasteiger partial charge in [-0.3, -0.25) is 20.4 Å². The predicted molar refractivity (Wildman–Crippen MR) is 102 cm³/mol. The molecular formula is C22H15F3N2O3. The molecule has 1 heterocycles. The third-order valence-electron chi connectivity index (χ3n) is 4.69. The second-order valence-electron chi connectivity index (χ2n) is 6.63. The SMILES string of the molecule is O=C(NNC(=O)C1c2ccccc2Oc2ccccc21)c1cccc(C(F)(F)F)c1. The van der Waals surface area contributed by atoms with Crippen molar-refractivity contribution in [3.8, 4) is 11.5 Å². The van der Waals surface area contributed by atoms with E-state index < -0.39 is 29.5 Å². The van der Waals surface area contributed by atoms with Crippen LogP contribution in [-0.2, 0) is 11.0 Å². The summed E-state index contributed by atoms with van der Waals surface area (Å²) in [6.45, 7) is 0. The Morgan fingerprint density at radius 1 is 0.800 bits per heavy atom. The van der Waals surface area contributed by atoms with Crippen LogP contribution in [0.3, 0.4) is 0 Å². The average Bonchev–Trinajstić information content (AvgIpc) is 2.75. The summed E-state index contributed by atoms with van der Waals surface area (Å²) in [6.07, 6.45) is -4.57. The molecule has 3 aromatic rings. The topological polar surface area (TPSA) is 67.4 Å². The molecule has 2 N–H and O–H groups in total. The number of halogens is 3. The first-order valence-electron chi connectivity index (χ1n) is 8.98. The number of hydrogen-bond donors (Lipinski definition) is 2. The van der Waals surface area contributed by atoms with Gasteiger partial charge in [0.15, 0.2) is 0 Å². The van der Waals surface area contributed by atoms with Crippen LogP contribution in [0.15, 0.2) is 72.8 Å². The van der Waals surface area contributed by atoms with Gasteiger partial charge in [-0.2, -0.15) is 13.2 Å². The molecule has 0 aromatic heterocycles. The summed E-state index contributed by atoms with van der Waals surface area (Å²) in [4.78, 5) is 25.2. The van der Waals surface area contributed by atoms with Gasteiger partial charge in [-0.1, -0.05) is 42.5 Å². The number of hydrogen-bond acceptors (Lipinski definition) is 3. The second-order valence-corrected chi connectivity index (χ2v) is 6.63. The van der Waals surface area contributed by atoms with Gasteiger partial charge < -0.3 is 4.74 Å². The minimum atomic E-state index is -4.57. The zero-order valence-corrected chi connectivity index (χ0v) is 15.4. The van der Waals surface area contributed by atoms with E-state index in [1.165, 1.54) is 6.07 Å². The summed E-state index contributed by atoms with van der Waals surface area (Å²) in [5.74, 6) is -1.13. The van der Waals surface area contributed by atoms with Crippen molar-refractivity contribution < 1.29 is 27.5 Å². The van der Waals surface area contributed by atoms with Gasteiger partial charge in [0.1, 0.15) is 11.5 Å². The first-order chi connectivity index (χ1) is 14.3. The van der Waals surface area contributed by atoms with Crippen molar-refractivity contribution in [2.45, 2.75) is 12.1 Å². The van der Waals surface area contributed by atoms with Gasteiger partial charge in [0.2, 0.25) is 0 Å². The highest BCUT2D eigenvalue weighted by Crippen LogP contribution is 2.43. The van der Waals surface area contributed by atoms with Crippen LogP contribution >= 0.6 is 0 Å². The number of rotatable bonds is 2. The maximum absolute atomic E-state index is 12.9. The molecule has 8 heteroatoms. The monoisotopic (exact) mass is 412 g/mol. The lowest BCUT2D eigenvalue weighted by atomic mass is 9.87. The third-order valence-corrected chi connectivity index (χ3v) is 4.69. The molecule has 1 aliphatic rings. The first-order valence-corrected chi connectivity index (χ1v) is 8.98. The maximum Gasteiger partial charge on any atom is 0.416 e. The van der Waals surface area contributed by atoms with Crippen LogP contribution in [0, 0.1) is 0 Å². The van der Waals surface area contributed by atoms with E-state index in [0.29, 0.717) is 22.6 Å². The fraction of sp³-hybridized carbons (Fsp3) is 0.0909. The maximum atomic E-state index is 12.9. The van der Waals surface area contributed by atoms with Gasteiger partial charge in [-0.15, -0.1) is 0 Å². The van der Waals surface area contributed by atoms with E-state index in [-0.39, 0.29) is 5.56 Å². The lowest BCUT2D eigenvalue weighted by Gasteiger charge is -2.27. The highest BCUT2D eigenvalue weighted by molar-refractivity contribution is 5.97. The second kappa shape index (κ2) is 7.55. The fourth-order valence-corrected chi connectivity index (χ4v) is 3.29. The highest BCUT2D eigenvalue weighted by atomic mass is 19.4. The van der Waals surface area contributed by atoms with Crippen molar-refractivity contribution in [2.24, 2.45) is 0 Å². The number of ether oxygens (including phenoxy) is 1. The molecule has 30 heavy (non-hydrogen) atoms. The minimum Gasteiger partial charge on any atom is -0.457 e. The molecule has 0 atom stereocenters. The van der Waals surface area contributed by atoms with Crippen LogP contribution in [0.1, 0.15) is 33.0 Å². The predicted octanol–water partition coefficient (Wildman–Crippen LogP) is 4.40. The van der Waals surface area contributed by atoms with E-state index in [0.717, 1.165) is 18.2 Å². The molecule has 4 rings (SSSR count). The number of amides is 2. The molecule has 2 amide bonds. The van der Waals surface area contributed by atoms with E-state index in [9.17, 15) is 22.8 Å². The van der Waals surface area contributed by atoms with Gasteiger partial charge >= 0.3 is 6.18 Å². The summed E-state index contributed by atoms with van der Waals surface area (Å²) in [6, 6.07) is 18.0. The molecular weight excluding hydrogens is 397 g/mol. The summed E-state index contributed by atoms with van der Waals surface area (Å²) < 4.78 is 44.4. The Labute approximate surface area is 169 Å². The molecule has 1 aliphatic heterocycles. The lowest BCUT2D eigenvalue weighted by molar-refractivity contribution is -0.137. The fourth-order valence-electron chi connectivity index (χ4n) is 3.29. The standard InChI is InChI=1S/C22H15F3N2O3/c23-22(24,25)14-7-5-6-13(12-14)20(28)26-27-21(29)19-15-8-1-3-10-17(15)30-18-11-4-2-9-16(18)19/h1-12,19H,(H,26,28)(H,27,29). The Morgan fingerprint density at radius 3 is 2.00 bits per heavy atom. The first kappa shape index (κ1) is 19.5. The molecule has 3 aromatic carbocycles. The molecule has 0 unspecified atom stereocenters. The average molecular weight is 412 g/mol. The minimum absolute atomic E-state index is 0.224. The summed E-state index contributed by atoms with van der Waals surface area (Å²) >= 11 is 0. The zero-order valence-electron chi connectivity index (χ0n) is 15.4. The van der Waals surface area contributed by atoms with Crippen molar-refractivity contribution in [1.29, 1.82) is 0 Å². The van der Waals surface area contributed by atoms with Gasteiger partial charge in [0.05, 0.1) is 11.5 Å². The molecule has 0 fully saturated rings. The molecule has 0 aliphatic carbocycles. The molecule has 5 nitrogen and oxygen atoms in total. The molecule has 152 valence electrons. The molecule has 0 radical (unpaired) electrons. The normalized spacial score (nSPS) is 12.9. The van der Waals surface area contributed by atoms with Crippen LogP contribution in [0.5, 0.6) is 11.5 Å². The van der Waals surface area contributed by atoms with Gasteiger partial charge in [-0.25, -0.2) is 0 Å². The van der Waals surface area contributed by atoms with Crippen LogP contribution in [0.2, 0.25) is 0 Å². The van der Waals surface area contributed by atoms with E-state index in [2.05, 4.69) is 10.9 Å². The summed E-state index contributed by atoms with van der Waals surface area (Å²) in [5, 5.41) is 0. The molecule has 0 saturated carbocycles. The Bertz CT molecular complexity index is 1080. The van der Waals surface area contributed by atoms with Crippen LogP contribution in [-0.4, -0.2) is 11.8 Å². The van der Waals surface area contributed by atoms with Crippen molar-refractivity contribution in [3.63, 3.8) is 0 Å². The van der Waals surface area contributed by atoms with Crippen molar-refractivity contribution >= 4 is 11.8 Å². The third kappa shape index (κ3) is 3.71. The number of alkyl halides is 3. The zero-order chi connectivity index (χ0) is 21.3. The number of fused-ring (bicyclic) bond motifs is 2. The summed E-state index contributed by atoms with van der Waals surface area (Å²) in [7, 11) is 0. The van der Waals surface area contributed by atoms with Gasteiger partial charge in [-0.05, 0) is 30.3 Å². The molecule has 0 saturated heterocycles. The van der Waals surface area contributed by atoms with E-state index in [4.69, 9.17) is 4.74 Å². The van der Waals surface area contributed by atoms with Gasteiger partial charge in [0.25, 0.3) is 11.8 Å². The Morgan fingerprint density at radius 2 is 1.40 bits per heavy atom. The van der Waals surface area contributed by atoms with Crippen LogP contribution in [0.25, 0.3) is 0 Å². The number of nitrogens with one attached hydrogen (secondary N) is 2. The van der Waals surface area contributed by atoms with E-state index >= 15 is 0 Å². The smallest absolute Gasteiger partial charge is 0.416 e. The number of carbonyl (C=O) groups excluding carboxylic acids is 2. The van der Waals surface area contributed by atoms with Gasteiger partial charge in [0, 0.05) is 16.7 Å². The largest absolute Gasteiger partial charge is 0.457 e. The molecule has 0 spiro atoms. The van der Waals surface area contributed by atoms with E-state index in [1.54, 1.807) is 48.5 Å². The number of hydrazine groups is 1. The van der Waals surface area contributed by atoms with Crippen molar-refractivity contribution in [3.05, 3.63) is 95.1 Å². The quantitative estimate of drug-likeness (QED) is 0.613. The van der Waals surface area contributed by atoms with Crippen molar-refractivity contribution in [1.82, 2.24) is 10.9 Å². The number of carbonyl (C=O) groups is 2. The summed E-state index contributed by atoms with van der Waals surface area (Å²) in [5.41, 5.74) is 4.56. The van der Waals surface area contributed by atoms with Crippen LogP contribution in [0.4, 0.5) is 13.2 Å². The Balaban J connectivity index is 1.55. The Kier molecular flexibility index (Phi) is 4.91. The Hall–Kier alpha value is -3.81. The lowest BCUT2D eigenvalue weighted by Crippen LogP contribution is -2.44.